The number of hydrogen-bond acceptors (Lipinski definition) is 5. The fraction of sp³-hybridized carbons (Fsp3) is 0.174. The number of nitrogens with zero attached hydrogens (tertiary/aromatic N) is 2. The molecule has 2 heterocycles. The molecule has 5 nitrogen and oxygen atoms in total. The highest BCUT2D eigenvalue weighted by Gasteiger charge is 2.33. The summed E-state index contributed by atoms with van der Waals surface area (Å²) in [6.07, 6.45) is 1.81. The van der Waals surface area contributed by atoms with Gasteiger partial charge in [-0.2, -0.15) is 0 Å². The summed E-state index contributed by atoms with van der Waals surface area (Å²) in [7, 11) is 0. The molecule has 0 spiro atoms. The second-order valence-corrected chi connectivity index (χ2v) is 8.21. The Kier molecular flexibility index (Phi) is 5.70. The molecule has 0 radical (unpaired) electrons. The first-order valence-electron chi connectivity index (χ1n) is 9.49. The van der Waals surface area contributed by atoms with Crippen LogP contribution in [-0.4, -0.2) is 17.1 Å². The Morgan fingerprint density at radius 3 is 2.57 bits per heavy atom. The number of rotatable bonds is 4. The van der Waals surface area contributed by atoms with Gasteiger partial charge in [-0.15, -0.1) is 0 Å². The molecule has 0 N–H and O–H groups in total. The number of benzene rings is 2. The molecule has 0 saturated heterocycles. The van der Waals surface area contributed by atoms with E-state index < -0.39 is 12.0 Å². The van der Waals surface area contributed by atoms with Crippen LogP contribution >= 0.6 is 22.9 Å². The Morgan fingerprint density at radius 2 is 1.90 bits per heavy atom. The zero-order valence-corrected chi connectivity index (χ0v) is 18.0. The number of allylic oxidation sites excluding steroid dienone is 1. The smallest absolute Gasteiger partial charge is 0.338 e. The molecule has 7 heteroatoms. The number of thiazole rings is 1. The average Bonchev–Trinajstić information content (AvgIpc) is 3.04. The highest BCUT2D eigenvalue weighted by atomic mass is 35.5. The zero-order chi connectivity index (χ0) is 21.3. The van der Waals surface area contributed by atoms with E-state index in [1.165, 1.54) is 11.3 Å². The summed E-state index contributed by atoms with van der Waals surface area (Å²) in [5.41, 5.74) is 2.43. The summed E-state index contributed by atoms with van der Waals surface area (Å²) in [5.74, 6) is -0.459. The molecule has 0 amide bonds. The second kappa shape index (κ2) is 8.42. The van der Waals surface area contributed by atoms with Gasteiger partial charge in [-0.05, 0) is 43.2 Å². The maximum atomic E-state index is 13.4. The van der Waals surface area contributed by atoms with Crippen LogP contribution in [0.25, 0.3) is 6.08 Å². The third-order valence-electron chi connectivity index (χ3n) is 4.80. The standard InChI is InChI=1S/C23H19ClN2O3S/c1-3-29-22(28)19-14(2)25-23-26(20(19)16-7-5-4-6-8-16)21(27)18(30-23)13-15-9-11-17(24)12-10-15/h4-13,20H,3H2,1-2H3/b18-13+. The van der Waals surface area contributed by atoms with Crippen LogP contribution in [0, 0.1) is 0 Å². The summed E-state index contributed by atoms with van der Waals surface area (Å²) in [6.45, 7) is 3.78. The van der Waals surface area contributed by atoms with Gasteiger partial charge >= 0.3 is 5.97 Å². The number of carbonyl (C=O) groups excluding carboxylic acids is 1. The van der Waals surface area contributed by atoms with Crippen molar-refractivity contribution < 1.29 is 9.53 Å². The van der Waals surface area contributed by atoms with E-state index in [9.17, 15) is 9.59 Å². The topological polar surface area (TPSA) is 60.7 Å². The third kappa shape index (κ3) is 3.76. The van der Waals surface area contributed by atoms with Crippen molar-refractivity contribution in [2.45, 2.75) is 19.9 Å². The lowest BCUT2D eigenvalue weighted by Crippen LogP contribution is -2.39. The monoisotopic (exact) mass is 438 g/mol. The molecule has 1 atom stereocenters. The van der Waals surface area contributed by atoms with E-state index >= 15 is 0 Å². The molecular weight excluding hydrogens is 420 g/mol. The van der Waals surface area contributed by atoms with E-state index in [4.69, 9.17) is 16.3 Å². The summed E-state index contributed by atoms with van der Waals surface area (Å²) >= 11 is 7.26. The molecule has 0 saturated carbocycles. The minimum absolute atomic E-state index is 0.197. The minimum atomic E-state index is -0.589. The second-order valence-electron chi connectivity index (χ2n) is 6.76. The Labute approximate surface area is 182 Å². The maximum Gasteiger partial charge on any atom is 0.338 e. The molecule has 1 aliphatic heterocycles. The molecule has 0 aliphatic carbocycles. The van der Waals surface area contributed by atoms with Crippen molar-refractivity contribution in [3.05, 3.63) is 102 Å². The average molecular weight is 439 g/mol. The van der Waals surface area contributed by atoms with Gasteiger partial charge in [-0.25, -0.2) is 9.79 Å². The van der Waals surface area contributed by atoms with E-state index in [0.29, 0.717) is 25.6 Å². The van der Waals surface area contributed by atoms with Crippen molar-refractivity contribution in [1.29, 1.82) is 0 Å². The van der Waals surface area contributed by atoms with Crippen molar-refractivity contribution in [1.82, 2.24) is 4.57 Å². The normalized spacial score (nSPS) is 16.2. The molecule has 3 aromatic rings. The molecule has 0 bridgehead atoms. The number of halogens is 1. The van der Waals surface area contributed by atoms with E-state index in [1.54, 1.807) is 30.5 Å². The number of aromatic nitrogens is 1. The molecule has 30 heavy (non-hydrogen) atoms. The van der Waals surface area contributed by atoms with Gasteiger partial charge in [0.05, 0.1) is 28.5 Å². The minimum Gasteiger partial charge on any atom is -0.463 e. The molecule has 0 fully saturated rings. The Bertz CT molecular complexity index is 1310. The van der Waals surface area contributed by atoms with Crippen LogP contribution < -0.4 is 14.9 Å². The van der Waals surface area contributed by atoms with Gasteiger partial charge in [-0.3, -0.25) is 9.36 Å². The fourth-order valence-corrected chi connectivity index (χ4v) is 4.63. The van der Waals surface area contributed by atoms with Crippen LogP contribution in [-0.2, 0) is 9.53 Å². The van der Waals surface area contributed by atoms with E-state index in [1.807, 2.05) is 48.5 Å². The Morgan fingerprint density at radius 1 is 1.20 bits per heavy atom. The van der Waals surface area contributed by atoms with Crippen molar-refractivity contribution >= 4 is 35.0 Å². The number of esters is 1. The van der Waals surface area contributed by atoms with Crippen LogP contribution in [0.15, 0.2) is 75.7 Å². The largest absolute Gasteiger partial charge is 0.463 e. The lowest BCUT2D eigenvalue weighted by Gasteiger charge is -2.24. The maximum absolute atomic E-state index is 13.4. The lowest BCUT2D eigenvalue weighted by atomic mass is 9.96. The molecule has 152 valence electrons. The van der Waals surface area contributed by atoms with Crippen molar-refractivity contribution in [3.8, 4) is 0 Å². The van der Waals surface area contributed by atoms with Crippen LogP contribution in [0.2, 0.25) is 5.02 Å². The summed E-state index contributed by atoms with van der Waals surface area (Å²) in [6, 6.07) is 16.1. The van der Waals surface area contributed by atoms with Gasteiger partial charge in [-0.1, -0.05) is 65.4 Å². The van der Waals surface area contributed by atoms with Crippen LogP contribution in [0.3, 0.4) is 0 Å². The van der Waals surface area contributed by atoms with E-state index in [0.717, 1.165) is 11.1 Å². The first-order valence-corrected chi connectivity index (χ1v) is 10.7. The number of carbonyl (C=O) groups is 1. The van der Waals surface area contributed by atoms with Gasteiger partial charge in [0.25, 0.3) is 5.56 Å². The van der Waals surface area contributed by atoms with Crippen molar-refractivity contribution in [3.63, 3.8) is 0 Å². The molecule has 1 aromatic heterocycles. The van der Waals surface area contributed by atoms with Gasteiger partial charge in [0.1, 0.15) is 0 Å². The summed E-state index contributed by atoms with van der Waals surface area (Å²) in [5, 5.41) is 0.632. The van der Waals surface area contributed by atoms with Crippen molar-refractivity contribution in [2.75, 3.05) is 6.61 Å². The SMILES string of the molecule is CCOC(=O)C1=C(C)N=c2s/c(=C/c3ccc(Cl)cc3)c(=O)n2C1c1ccccc1. The summed E-state index contributed by atoms with van der Waals surface area (Å²) < 4.78 is 7.40. The van der Waals surface area contributed by atoms with Gasteiger partial charge < -0.3 is 4.74 Å². The van der Waals surface area contributed by atoms with Gasteiger partial charge in [0.2, 0.25) is 0 Å². The molecule has 4 rings (SSSR count). The van der Waals surface area contributed by atoms with Gasteiger partial charge in [0.15, 0.2) is 4.80 Å². The van der Waals surface area contributed by atoms with Crippen LogP contribution in [0.4, 0.5) is 0 Å². The molecule has 1 aliphatic rings. The Balaban J connectivity index is 1.94. The third-order valence-corrected chi connectivity index (χ3v) is 6.04. The molecular formula is C23H19ClN2O3S. The number of hydrogen-bond donors (Lipinski definition) is 0. The molecule has 2 aromatic carbocycles. The molecule has 1 unspecified atom stereocenters. The predicted octanol–water partition coefficient (Wildman–Crippen LogP) is 3.45. The number of fused-ring (bicyclic) bond motifs is 1. The number of ether oxygens (including phenoxy) is 1. The highest BCUT2D eigenvalue weighted by molar-refractivity contribution is 7.07. The van der Waals surface area contributed by atoms with E-state index in [2.05, 4.69) is 4.99 Å². The Hall–Kier alpha value is -2.96. The fourth-order valence-electron chi connectivity index (χ4n) is 3.45. The first kappa shape index (κ1) is 20.3. The predicted molar refractivity (Wildman–Crippen MR) is 118 cm³/mol. The first-order chi connectivity index (χ1) is 14.5. The quantitative estimate of drug-likeness (QED) is 0.586. The zero-order valence-electron chi connectivity index (χ0n) is 16.5. The van der Waals surface area contributed by atoms with E-state index in [-0.39, 0.29) is 12.2 Å². The lowest BCUT2D eigenvalue weighted by molar-refractivity contribution is -0.139. The van der Waals surface area contributed by atoms with Crippen LogP contribution in [0.5, 0.6) is 0 Å². The highest BCUT2D eigenvalue weighted by Crippen LogP contribution is 2.30. The summed E-state index contributed by atoms with van der Waals surface area (Å²) in [4.78, 5) is 31.3. The van der Waals surface area contributed by atoms with Crippen molar-refractivity contribution in [2.24, 2.45) is 4.99 Å². The van der Waals surface area contributed by atoms with Crippen LogP contribution in [0.1, 0.15) is 31.0 Å². The van der Waals surface area contributed by atoms with Gasteiger partial charge in [0, 0.05) is 5.02 Å².